The number of aliphatic imine (C=N–C) groups is 1. The van der Waals surface area contributed by atoms with Crippen LogP contribution >= 0.6 is 0 Å². The van der Waals surface area contributed by atoms with Gasteiger partial charge in [-0.1, -0.05) is 49.4 Å². The summed E-state index contributed by atoms with van der Waals surface area (Å²) in [4.78, 5) is 27.9. The molecule has 1 aliphatic heterocycles. The summed E-state index contributed by atoms with van der Waals surface area (Å²) in [7, 11) is 0. The third-order valence-corrected chi connectivity index (χ3v) is 4.32. The minimum absolute atomic E-state index is 0.224. The lowest BCUT2D eigenvalue weighted by Crippen LogP contribution is -2.05. The Kier molecular flexibility index (Phi) is 4.72. The van der Waals surface area contributed by atoms with E-state index in [1.807, 2.05) is 42.5 Å². The van der Waals surface area contributed by atoms with E-state index < -0.39 is 5.97 Å². The van der Waals surface area contributed by atoms with E-state index >= 15 is 0 Å². The van der Waals surface area contributed by atoms with E-state index in [0.29, 0.717) is 12.2 Å². The van der Waals surface area contributed by atoms with Crippen LogP contribution in [0.3, 0.4) is 0 Å². The van der Waals surface area contributed by atoms with Gasteiger partial charge in [-0.25, -0.2) is 9.79 Å². The number of benzene rings is 3. The molecule has 1 aliphatic rings. The third kappa shape index (κ3) is 3.69. The summed E-state index contributed by atoms with van der Waals surface area (Å²) in [5.74, 6) is -0.0430. The van der Waals surface area contributed by atoms with Gasteiger partial charge in [0.2, 0.25) is 5.90 Å². The third-order valence-electron chi connectivity index (χ3n) is 4.32. The summed E-state index contributed by atoms with van der Waals surface area (Å²) in [6, 6.07) is 20.6. The van der Waals surface area contributed by atoms with Crippen LogP contribution in [0, 0.1) is 0 Å². The quantitative estimate of drug-likeness (QED) is 0.385. The molecule has 0 fully saturated rings. The van der Waals surface area contributed by atoms with Gasteiger partial charge in [0.15, 0.2) is 5.70 Å². The van der Waals surface area contributed by atoms with Crippen molar-refractivity contribution in [2.24, 2.45) is 4.99 Å². The Labute approximate surface area is 161 Å². The van der Waals surface area contributed by atoms with Gasteiger partial charge in [0.25, 0.3) is 0 Å². The fourth-order valence-corrected chi connectivity index (χ4v) is 2.85. The highest BCUT2D eigenvalue weighted by Gasteiger charge is 2.24. The summed E-state index contributed by atoms with van der Waals surface area (Å²) in [6.07, 6.45) is 1.95. The molecule has 0 aromatic heterocycles. The lowest BCUT2D eigenvalue weighted by molar-refractivity contribution is -0.134. The lowest BCUT2D eigenvalue weighted by atomic mass is 10.1. The normalized spacial score (nSPS) is 14.8. The number of fused-ring (bicyclic) bond motifs is 1. The molecule has 0 N–H and O–H groups in total. The Balaban J connectivity index is 1.58. The Morgan fingerprint density at radius 1 is 1.04 bits per heavy atom. The minimum atomic E-state index is -0.496. The molecule has 1 heterocycles. The van der Waals surface area contributed by atoms with Gasteiger partial charge in [-0.15, -0.1) is 0 Å². The van der Waals surface area contributed by atoms with E-state index in [9.17, 15) is 9.59 Å². The first-order chi connectivity index (χ1) is 13.6. The van der Waals surface area contributed by atoms with Crippen molar-refractivity contribution < 1.29 is 19.1 Å². The van der Waals surface area contributed by atoms with E-state index in [1.165, 1.54) is 0 Å². The second kappa shape index (κ2) is 7.48. The van der Waals surface area contributed by atoms with Gasteiger partial charge in [0.1, 0.15) is 5.75 Å². The van der Waals surface area contributed by atoms with Gasteiger partial charge >= 0.3 is 11.9 Å². The van der Waals surface area contributed by atoms with Crippen LogP contribution < -0.4 is 4.74 Å². The Morgan fingerprint density at radius 2 is 1.79 bits per heavy atom. The van der Waals surface area contributed by atoms with Crippen LogP contribution in [0.15, 0.2) is 77.4 Å². The van der Waals surface area contributed by atoms with Crippen molar-refractivity contribution in [3.63, 3.8) is 0 Å². The van der Waals surface area contributed by atoms with Crippen molar-refractivity contribution in [1.82, 2.24) is 0 Å². The smallest absolute Gasteiger partial charge is 0.363 e. The first kappa shape index (κ1) is 17.7. The molecule has 0 atom stereocenters. The molecular formula is C23H17NO4. The molecular weight excluding hydrogens is 354 g/mol. The number of hydrogen-bond donors (Lipinski definition) is 0. The van der Waals surface area contributed by atoms with Crippen LogP contribution in [-0.2, 0) is 14.3 Å². The standard InChI is InChI=1S/C23H17NO4/c1-2-21(25)27-19-11-7-15(8-12-19)13-20-23(26)28-22(24-20)18-10-9-16-5-3-4-6-17(16)14-18/h3-14H,2H2,1H3/b20-13-. The minimum Gasteiger partial charge on any atom is -0.427 e. The van der Waals surface area contributed by atoms with Crippen LogP contribution in [0.2, 0.25) is 0 Å². The Bertz CT molecular complexity index is 1130. The molecule has 5 nitrogen and oxygen atoms in total. The number of hydrogen-bond acceptors (Lipinski definition) is 5. The SMILES string of the molecule is CCC(=O)Oc1ccc(/C=C2\N=C(c3ccc4ccccc4c3)OC2=O)cc1. The molecule has 0 bridgehead atoms. The Hall–Kier alpha value is -3.73. The fraction of sp³-hybridized carbons (Fsp3) is 0.0870. The zero-order chi connectivity index (χ0) is 19.5. The topological polar surface area (TPSA) is 65.0 Å². The second-order valence-electron chi connectivity index (χ2n) is 6.29. The van der Waals surface area contributed by atoms with Crippen molar-refractivity contribution in [1.29, 1.82) is 0 Å². The van der Waals surface area contributed by atoms with E-state index in [1.54, 1.807) is 37.3 Å². The summed E-state index contributed by atoms with van der Waals surface area (Å²) >= 11 is 0. The van der Waals surface area contributed by atoms with Gasteiger partial charge in [-0.05, 0) is 46.7 Å². The van der Waals surface area contributed by atoms with Gasteiger partial charge in [0, 0.05) is 12.0 Å². The van der Waals surface area contributed by atoms with Gasteiger partial charge in [-0.2, -0.15) is 0 Å². The molecule has 138 valence electrons. The number of cyclic esters (lactones) is 1. The summed E-state index contributed by atoms with van der Waals surface area (Å²) < 4.78 is 10.5. The predicted molar refractivity (Wildman–Crippen MR) is 107 cm³/mol. The number of carbonyl (C=O) groups is 2. The number of ether oxygens (including phenoxy) is 2. The van der Waals surface area contributed by atoms with Crippen LogP contribution in [-0.4, -0.2) is 17.8 Å². The van der Waals surface area contributed by atoms with E-state index in [0.717, 1.165) is 21.9 Å². The number of nitrogens with zero attached hydrogens (tertiary/aromatic N) is 1. The Morgan fingerprint density at radius 3 is 2.54 bits per heavy atom. The highest BCUT2D eigenvalue weighted by Crippen LogP contribution is 2.23. The molecule has 0 saturated carbocycles. The van der Waals surface area contributed by atoms with Crippen molar-refractivity contribution in [2.75, 3.05) is 0 Å². The molecule has 3 aromatic rings. The van der Waals surface area contributed by atoms with Crippen LogP contribution in [0.1, 0.15) is 24.5 Å². The highest BCUT2D eigenvalue weighted by atomic mass is 16.6. The van der Waals surface area contributed by atoms with Crippen LogP contribution in [0.5, 0.6) is 5.75 Å². The molecule has 0 unspecified atom stereocenters. The maximum atomic E-state index is 12.2. The molecule has 4 rings (SSSR count). The van der Waals surface area contributed by atoms with Crippen molar-refractivity contribution in [2.45, 2.75) is 13.3 Å². The highest BCUT2D eigenvalue weighted by molar-refractivity contribution is 6.13. The number of carbonyl (C=O) groups excluding carboxylic acids is 2. The maximum absolute atomic E-state index is 12.2. The first-order valence-electron chi connectivity index (χ1n) is 8.95. The molecule has 28 heavy (non-hydrogen) atoms. The van der Waals surface area contributed by atoms with E-state index in [2.05, 4.69) is 4.99 Å². The molecule has 3 aromatic carbocycles. The summed E-state index contributed by atoms with van der Waals surface area (Å²) in [5.41, 5.74) is 1.73. The lowest BCUT2D eigenvalue weighted by Gasteiger charge is -2.02. The maximum Gasteiger partial charge on any atom is 0.363 e. The van der Waals surface area contributed by atoms with Crippen LogP contribution in [0.25, 0.3) is 16.8 Å². The zero-order valence-electron chi connectivity index (χ0n) is 15.2. The summed E-state index contributed by atoms with van der Waals surface area (Å²) in [5, 5.41) is 2.16. The fourth-order valence-electron chi connectivity index (χ4n) is 2.85. The predicted octanol–water partition coefficient (Wildman–Crippen LogP) is 4.50. The van der Waals surface area contributed by atoms with Gasteiger partial charge in [0.05, 0.1) is 0 Å². The molecule has 0 radical (unpaired) electrons. The average Bonchev–Trinajstić information content (AvgIpc) is 3.09. The molecule has 0 amide bonds. The molecule has 0 spiro atoms. The zero-order valence-corrected chi connectivity index (χ0v) is 15.2. The van der Waals surface area contributed by atoms with Crippen molar-refractivity contribution >= 4 is 34.7 Å². The molecule has 0 saturated heterocycles. The monoisotopic (exact) mass is 371 g/mol. The first-order valence-corrected chi connectivity index (χ1v) is 8.95. The molecule has 5 heteroatoms. The average molecular weight is 371 g/mol. The number of esters is 2. The van der Waals surface area contributed by atoms with E-state index in [4.69, 9.17) is 9.47 Å². The van der Waals surface area contributed by atoms with Gasteiger partial charge < -0.3 is 9.47 Å². The largest absolute Gasteiger partial charge is 0.427 e. The van der Waals surface area contributed by atoms with Crippen molar-refractivity contribution in [3.8, 4) is 5.75 Å². The van der Waals surface area contributed by atoms with Gasteiger partial charge in [-0.3, -0.25) is 4.79 Å². The second-order valence-corrected chi connectivity index (χ2v) is 6.29. The molecule has 0 aliphatic carbocycles. The van der Waals surface area contributed by atoms with E-state index in [-0.39, 0.29) is 17.6 Å². The van der Waals surface area contributed by atoms with Crippen molar-refractivity contribution in [3.05, 3.63) is 83.6 Å². The number of rotatable bonds is 4. The van der Waals surface area contributed by atoms with Crippen LogP contribution in [0.4, 0.5) is 0 Å². The summed E-state index contributed by atoms with van der Waals surface area (Å²) in [6.45, 7) is 1.73.